The van der Waals surface area contributed by atoms with E-state index in [1.807, 2.05) is 6.92 Å². The van der Waals surface area contributed by atoms with Gasteiger partial charge in [0.05, 0.1) is 13.2 Å². The zero-order chi connectivity index (χ0) is 15.5. The fourth-order valence-corrected chi connectivity index (χ4v) is 2.45. The van der Waals surface area contributed by atoms with Gasteiger partial charge in [-0.05, 0) is 26.3 Å². The van der Waals surface area contributed by atoms with Crippen molar-refractivity contribution in [2.75, 3.05) is 13.7 Å². The Balaban J connectivity index is 2.15. The topological polar surface area (TPSA) is 39.7 Å². The molecule has 0 amide bonds. The number of nitrogens with one attached hydrogen (secondary N) is 1. The smallest absolute Gasteiger partial charge is 0.387 e. The molecule has 0 radical (unpaired) electrons. The van der Waals surface area contributed by atoms with Gasteiger partial charge in [-0.15, -0.1) is 0 Å². The Morgan fingerprint density at radius 2 is 2.24 bits per heavy atom. The molecule has 0 aromatic heterocycles. The number of hydrogen-bond donors (Lipinski definition) is 1. The van der Waals surface area contributed by atoms with Crippen LogP contribution < -0.4 is 14.8 Å². The minimum Gasteiger partial charge on any atom is -0.493 e. The molecule has 1 aliphatic heterocycles. The zero-order valence-electron chi connectivity index (χ0n) is 12.5. The summed E-state index contributed by atoms with van der Waals surface area (Å²) < 4.78 is 40.4. The second-order valence-corrected chi connectivity index (χ2v) is 5.36. The standard InChI is InChI=1S/C15H21F2NO3/c1-10-15(2,7-8-20-10)18-9-11-5-4-6-12(19-3)13(11)21-14(16)17/h4-6,10,14,18H,7-9H2,1-3H3. The van der Waals surface area contributed by atoms with Gasteiger partial charge in [-0.1, -0.05) is 12.1 Å². The minimum absolute atomic E-state index is 0.0718. The number of halogens is 2. The van der Waals surface area contributed by atoms with Gasteiger partial charge in [-0.2, -0.15) is 8.78 Å². The van der Waals surface area contributed by atoms with Crippen LogP contribution in [0.2, 0.25) is 0 Å². The van der Waals surface area contributed by atoms with Crippen molar-refractivity contribution in [3.05, 3.63) is 23.8 Å². The number of hydrogen-bond acceptors (Lipinski definition) is 4. The molecule has 0 saturated carbocycles. The lowest BCUT2D eigenvalue weighted by Crippen LogP contribution is -2.47. The predicted molar refractivity (Wildman–Crippen MR) is 74.9 cm³/mol. The summed E-state index contributed by atoms with van der Waals surface area (Å²) in [5, 5.41) is 3.38. The Hall–Kier alpha value is -1.40. The first-order valence-corrected chi connectivity index (χ1v) is 6.93. The molecule has 21 heavy (non-hydrogen) atoms. The van der Waals surface area contributed by atoms with Gasteiger partial charge in [-0.3, -0.25) is 0 Å². The van der Waals surface area contributed by atoms with Crippen molar-refractivity contribution < 1.29 is 23.0 Å². The molecule has 4 nitrogen and oxygen atoms in total. The van der Waals surface area contributed by atoms with E-state index in [4.69, 9.17) is 9.47 Å². The van der Waals surface area contributed by atoms with Crippen molar-refractivity contribution in [3.8, 4) is 11.5 Å². The molecular weight excluding hydrogens is 280 g/mol. The van der Waals surface area contributed by atoms with Gasteiger partial charge in [0.2, 0.25) is 0 Å². The largest absolute Gasteiger partial charge is 0.493 e. The summed E-state index contributed by atoms with van der Waals surface area (Å²) >= 11 is 0. The normalized spacial score (nSPS) is 25.3. The average molecular weight is 301 g/mol. The van der Waals surface area contributed by atoms with Crippen LogP contribution in [0.5, 0.6) is 11.5 Å². The van der Waals surface area contributed by atoms with Crippen molar-refractivity contribution in [1.82, 2.24) is 5.32 Å². The van der Waals surface area contributed by atoms with Crippen LogP contribution in [-0.4, -0.2) is 32.0 Å². The third-order valence-electron chi connectivity index (χ3n) is 4.06. The highest BCUT2D eigenvalue weighted by Crippen LogP contribution is 2.33. The highest BCUT2D eigenvalue weighted by atomic mass is 19.3. The Morgan fingerprint density at radius 3 is 2.81 bits per heavy atom. The summed E-state index contributed by atoms with van der Waals surface area (Å²) in [6.07, 6.45) is 0.950. The SMILES string of the molecule is COc1cccc(CNC2(C)CCOC2C)c1OC(F)F. The molecule has 1 N–H and O–H groups in total. The summed E-state index contributed by atoms with van der Waals surface area (Å²) in [7, 11) is 1.43. The molecule has 1 saturated heterocycles. The van der Waals surface area contributed by atoms with Crippen molar-refractivity contribution in [3.63, 3.8) is 0 Å². The van der Waals surface area contributed by atoms with E-state index in [0.29, 0.717) is 24.5 Å². The Kier molecular flexibility index (Phi) is 5.00. The van der Waals surface area contributed by atoms with Crippen molar-refractivity contribution in [1.29, 1.82) is 0 Å². The Morgan fingerprint density at radius 1 is 1.48 bits per heavy atom. The summed E-state index contributed by atoms with van der Waals surface area (Å²) in [5.41, 5.74) is 0.459. The summed E-state index contributed by atoms with van der Waals surface area (Å²) in [6.45, 7) is 2.29. The zero-order valence-corrected chi connectivity index (χ0v) is 12.5. The molecule has 6 heteroatoms. The number of benzene rings is 1. The molecule has 0 bridgehead atoms. The third kappa shape index (κ3) is 3.63. The molecule has 1 fully saturated rings. The van der Waals surface area contributed by atoms with E-state index < -0.39 is 6.61 Å². The van der Waals surface area contributed by atoms with Crippen LogP contribution >= 0.6 is 0 Å². The fraction of sp³-hybridized carbons (Fsp3) is 0.600. The first kappa shape index (κ1) is 16.0. The number of para-hydroxylation sites is 1. The first-order valence-electron chi connectivity index (χ1n) is 6.93. The van der Waals surface area contributed by atoms with Gasteiger partial charge < -0.3 is 19.5 Å². The lowest BCUT2D eigenvalue weighted by atomic mass is 9.94. The van der Waals surface area contributed by atoms with E-state index in [2.05, 4.69) is 17.0 Å². The number of alkyl halides is 2. The predicted octanol–water partition coefficient (Wildman–Crippen LogP) is 2.95. The molecule has 1 aromatic rings. The van der Waals surface area contributed by atoms with E-state index >= 15 is 0 Å². The molecule has 2 unspecified atom stereocenters. The van der Waals surface area contributed by atoms with E-state index in [1.54, 1.807) is 18.2 Å². The Bertz CT molecular complexity index is 484. The van der Waals surface area contributed by atoms with Crippen molar-refractivity contribution >= 4 is 0 Å². The van der Waals surface area contributed by atoms with Crippen molar-refractivity contribution in [2.24, 2.45) is 0 Å². The van der Waals surface area contributed by atoms with Gasteiger partial charge in [0.25, 0.3) is 0 Å². The lowest BCUT2D eigenvalue weighted by Gasteiger charge is -2.29. The van der Waals surface area contributed by atoms with Gasteiger partial charge in [0.1, 0.15) is 0 Å². The van der Waals surface area contributed by atoms with Crippen LogP contribution in [0.25, 0.3) is 0 Å². The third-order valence-corrected chi connectivity index (χ3v) is 4.06. The molecule has 2 rings (SSSR count). The molecule has 1 heterocycles. The number of ether oxygens (including phenoxy) is 3. The number of methoxy groups -OCH3 is 1. The number of rotatable bonds is 6. The quantitative estimate of drug-likeness (QED) is 0.877. The van der Waals surface area contributed by atoms with Crippen LogP contribution in [0.15, 0.2) is 18.2 Å². The molecule has 1 aromatic carbocycles. The maximum atomic E-state index is 12.6. The summed E-state index contributed by atoms with van der Waals surface area (Å²) in [4.78, 5) is 0. The van der Waals surface area contributed by atoms with Crippen LogP contribution in [-0.2, 0) is 11.3 Å². The van der Waals surface area contributed by atoms with Gasteiger partial charge in [-0.25, -0.2) is 0 Å². The first-order chi connectivity index (χ1) is 9.96. The van der Waals surface area contributed by atoms with Crippen LogP contribution in [0, 0.1) is 0 Å². The van der Waals surface area contributed by atoms with Crippen molar-refractivity contribution in [2.45, 2.75) is 45.1 Å². The lowest BCUT2D eigenvalue weighted by molar-refractivity contribution is -0.0519. The second kappa shape index (κ2) is 6.58. The van der Waals surface area contributed by atoms with E-state index in [1.165, 1.54) is 7.11 Å². The molecule has 2 atom stereocenters. The summed E-state index contributed by atoms with van der Waals surface area (Å²) in [6, 6.07) is 5.10. The highest BCUT2D eigenvalue weighted by molar-refractivity contribution is 5.46. The Labute approximate surface area is 123 Å². The van der Waals surface area contributed by atoms with Gasteiger partial charge in [0, 0.05) is 24.3 Å². The second-order valence-electron chi connectivity index (χ2n) is 5.36. The molecule has 118 valence electrons. The molecule has 0 spiro atoms. The maximum Gasteiger partial charge on any atom is 0.387 e. The monoisotopic (exact) mass is 301 g/mol. The van der Waals surface area contributed by atoms with Crippen LogP contribution in [0.1, 0.15) is 25.8 Å². The van der Waals surface area contributed by atoms with Gasteiger partial charge in [0.15, 0.2) is 11.5 Å². The maximum absolute atomic E-state index is 12.6. The minimum atomic E-state index is -2.88. The van der Waals surface area contributed by atoms with Gasteiger partial charge >= 0.3 is 6.61 Å². The summed E-state index contributed by atoms with van der Waals surface area (Å²) in [5.74, 6) is 0.383. The molecule has 0 aliphatic carbocycles. The van der Waals surface area contributed by atoms with E-state index in [9.17, 15) is 8.78 Å². The van der Waals surface area contributed by atoms with Crippen LogP contribution in [0.3, 0.4) is 0 Å². The fourth-order valence-electron chi connectivity index (χ4n) is 2.45. The van der Waals surface area contributed by atoms with E-state index in [-0.39, 0.29) is 17.4 Å². The average Bonchev–Trinajstić information content (AvgIpc) is 2.77. The highest BCUT2D eigenvalue weighted by Gasteiger charge is 2.36. The van der Waals surface area contributed by atoms with E-state index in [0.717, 1.165) is 6.42 Å². The molecule has 1 aliphatic rings. The molecular formula is C15H21F2NO3. The van der Waals surface area contributed by atoms with Crippen LogP contribution in [0.4, 0.5) is 8.78 Å².